The number of nitrogens with one attached hydrogen (secondary N) is 1. The molecule has 6 heteroatoms. The molecule has 5 nitrogen and oxygen atoms in total. The average molecular weight is 386 g/mol. The molecule has 0 spiro atoms. The topological polar surface area (TPSA) is 52.7 Å². The number of amides is 2. The maximum atomic E-state index is 12.5. The fourth-order valence-corrected chi connectivity index (χ4v) is 4.03. The van der Waals surface area contributed by atoms with Gasteiger partial charge in [-0.2, -0.15) is 0 Å². The fraction of sp³-hybridized carbons (Fsp3) is 0.429. The van der Waals surface area contributed by atoms with Gasteiger partial charge in [0.15, 0.2) is 0 Å². The van der Waals surface area contributed by atoms with Gasteiger partial charge in [0.1, 0.15) is 0 Å². The van der Waals surface area contributed by atoms with Crippen molar-refractivity contribution in [1.29, 1.82) is 0 Å². The summed E-state index contributed by atoms with van der Waals surface area (Å²) in [6, 6.07) is 13.8. The summed E-state index contributed by atoms with van der Waals surface area (Å²) in [5, 5.41) is 5.00. The molecule has 144 valence electrons. The zero-order valence-electron chi connectivity index (χ0n) is 15.9. The first-order valence-corrected chi connectivity index (χ1v) is 10.3. The first-order chi connectivity index (χ1) is 13.1. The number of piperazine rings is 1. The van der Waals surface area contributed by atoms with Crippen LogP contribution in [0.1, 0.15) is 35.0 Å². The van der Waals surface area contributed by atoms with Crippen LogP contribution in [0.5, 0.6) is 0 Å². The number of nitrogens with zero attached hydrogens (tertiary/aromatic N) is 2. The third-order valence-electron chi connectivity index (χ3n) is 5.21. The van der Waals surface area contributed by atoms with E-state index in [0.717, 1.165) is 18.0 Å². The fourth-order valence-electron chi connectivity index (χ4n) is 3.34. The van der Waals surface area contributed by atoms with Gasteiger partial charge < -0.3 is 10.2 Å². The summed E-state index contributed by atoms with van der Waals surface area (Å²) < 4.78 is 0. The van der Waals surface area contributed by atoms with Crippen molar-refractivity contribution in [2.45, 2.75) is 25.8 Å². The molecule has 1 aromatic heterocycles. The molecule has 1 aliphatic rings. The van der Waals surface area contributed by atoms with Crippen LogP contribution in [0.15, 0.2) is 47.8 Å². The predicted molar refractivity (Wildman–Crippen MR) is 109 cm³/mol. The second kappa shape index (κ2) is 9.15. The molecular formula is C21H27N3O2S. The van der Waals surface area contributed by atoms with Crippen LogP contribution in [0.4, 0.5) is 0 Å². The largest absolute Gasteiger partial charge is 0.354 e. The Morgan fingerprint density at radius 3 is 2.37 bits per heavy atom. The van der Waals surface area contributed by atoms with Crippen LogP contribution in [-0.4, -0.2) is 60.4 Å². The number of thiophene rings is 1. The van der Waals surface area contributed by atoms with Crippen molar-refractivity contribution in [3.8, 4) is 0 Å². The molecule has 1 saturated heterocycles. The van der Waals surface area contributed by atoms with Crippen molar-refractivity contribution in [3.63, 3.8) is 0 Å². The molecule has 0 saturated carbocycles. The molecule has 1 aromatic carbocycles. The summed E-state index contributed by atoms with van der Waals surface area (Å²) in [6.45, 7) is 7.46. The van der Waals surface area contributed by atoms with Crippen LogP contribution >= 0.6 is 11.3 Å². The summed E-state index contributed by atoms with van der Waals surface area (Å²) in [5.74, 6) is 0.428. The molecule has 3 rings (SSSR count). The Hall–Kier alpha value is -2.18. The number of rotatable bonds is 6. The second-order valence-corrected chi connectivity index (χ2v) is 7.99. The van der Waals surface area contributed by atoms with Gasteiger partial charge in [0, 0.05) is 32.7 Å². The number of hydrogen-bond donors (Lipinski definition) is 1. The van der Waals surface area contributed by atoms with Crippen molar-refractivity contribution >= 4 is 23.2 Å². The Morgan fingerprint density at radius 2 is 1.74 bits per heavy atom. The first kappa shape index (κ1) is 19.6. The van der Waals surface area contributed by atoms with Gasteiger partial charge in [-0.15, -0.1) is 11.3 Å². The van der Waals surface area contributed by atoms with Crippen molar-refractivity contribution in [3.05, 3.63) is 58.3 Å². The molecule has 0 radical (unpaired) electrons. The summed E-state index contributed by atoms with van der Waals surface area (Å²) in [5.41, 5.74) is 1.23. The molecule has 0 aliphatic carbocycles. The summed E-state index contributed by atoms with van der Waals surface area (Å²) >= 11 is 1.48. The van der Waals surface area contributed by atoms with Crippen molar-refractivity contribution in [2.75, 3.05) is 32.7 Å². The molecule has 2 heterocycles. The summed E-state index contributed by atoms with van der Waals surface area (Å²) in [7, 11) is 0. The van der Waals surface area contributed by atoms with E-state index < -0.39 is 0 Å². The van der Waals surface area contributed by atoms with E-state index in [9.17, 15) is 9.59 Å². The number of carbonyl (C=O) groups is 2. The quantitative estimate of drug-likeness (QED) is 0.832. The molecule has 2 amide bonds. The Morgan fingerprint density at radius 1 is 1.04 bits per heavy atom. The molecule has 0 unspecified atom stereocenters. The van der Waals surface area contributed by atoms with E-state index >= 15 is 0 Å². The van der Waals surface area contributed by atoms with E-state index in [1.165, 1.54) is 16.9 Å². The lowest BCUT2D eigenvalue weighted by Crippen LogP contribution is -2.55. The molecule has 2 atom stereocenters. The molecule has 27 heavy (non-hydrogen) atoms. The van der Waals surface area contributed by atoms with E-state index in [1.54, 1.807) is 0 Å². The van der Waals surface area contributed by atoms with E-state index in [4.69, 9.17) is 0 Å². The van der Waals surface area contributed by atoms with Crippen molar-refractivity contribution in [2.24, 2.45) is 0 Å². The minimum Gasteiger partial charge on any atom is -0.354 e. The lowest BCUT2D eigenvalue weighted by atomic mass is 10.0. The number of hydrogen-bond acceptors (Lipinski definition) is 4. The number of benzene rings is 1. The third kappa shape index (κ3) is 4.96. The van der Waals surface area contributed by atoms with E-state index in [0.29, 0.717) is 19.6 Å². The van der Waals surface area contributed by atoms with Crippen LogP contribution < -0.4 is 5.32 Å². The Labute approximate surface area is 165 Å². The SMILES string of the molecule is C[C@H](CNC(=O)[C@H](C)N1CCN(C(=O)c2cccs2)CC1)c1ccccc1. The van der Waals surface area contributed by atoms with E-state index in [-0.39, 0.29) is 23.8 Å². The molecular weight excluding hydrogens is 358 g/mol. The van der Waals surface area contributed by atoms with E-state index in [1.807, 2.05) is 47.5 Å². The minimum absolute atomic E-state index is 0.0517. The third-order valence-corrected chi connectivity index (χ3v) is 6.07. The predicted octanol–water partition coefficient (Wildman–Crippen LogP) is 2.81. The summed E-state index contributed by atoms with van der Waals surface area (Å²) in [6.07, 6.45) is 0. The van der Waals surface area contributed by atoms with E-state index in [2.05, 4.69) is 29.3 Å². The van der Waals surface area contributed by atoms with Gasteiger partial charge in [0.25, 0.3) is 5.91 Å². The Bertz CT molecular complexity index is 740. The zero-order valence-corrected chi connectivity index (χ0v) is 16.7. The minimum atomic E-state index is -0.188. The van der Waals surface area contributed by atoms with Gasteiger partial charge in [-0.25, -0.2) is 0 Å². The maximum Gasteiger partial charge on any atom is 0.264 e. The highest BCUT2D eigenvalue weighted by Gasteiger charge is 2.28. The van der Waals surface area contributed by atoms with Gasteiger partial charge >= 0.3 is 0 Å². The van der Waals surface area contributed by atoms with Crippen LogP contribution in [0, 0.1) is 0 Å². The Balaban J connectivity index is 1.45. The van der Waals surface area contributed by atoms with Crippen LogP contribution in [0.25, 0.3) is 0 Å². The highest BCUT2D eigenvalue weighted by Crippen LogP contribution is 2.16. The molecule has 1 aliphatic heterocycles. The standard InChI is InChI=1S/C21H27N3O2S/c1-16(18-7-4-3-5-8-18)15-22-20(25)17(2)23-10-12-24(13-11-23)21(26)19-9-6-14-27-19/h3-9,14,16-17H,10-13,15H2,1-2H3,(H,22,25)/t16-,17+/m1/s1. The zero-order chi connectivity index (χ0) is 19.2. The highest BCUT2D eigenvalue weighted by molar-refractivity contribution is 7.12. The van der Waals surface area contributed by atoms with Gasteiger partial charge in [-0.3, -0.25) is 14.5 Å². The van der Waals surface area contributed by atoms with Gasteiger partial charge in [-0.1, -0.05) is 43.3 Å². The van der Waals surface area contributed by atoms with Crippen LogP contribution in [0.3, 0.4) is 0 Å². The molecule has 1 N–H and O–H groups in total. The highest BCUT2D eigenvalue weighted by atomic mass is 32.1. The Kier molecular flexibility index (Phi) is 6.63. The lowest BCUT2D eigenvalue weighted by Gasteiger charge is -2.37. The van der Waals surface area contributed by atoms with Gasteiger partial charge in [-0.05, 0) is 29.9 Å². The van der Waals surface area contributed by atoms with Crippen LogP contribution in [0.2, 0.25) is 0 Å². The van der Waals surface area contributed by atoms with Crippen LogP contribution in [-0.2, 0) is 4.79 Å². The molecule has 0 bridgehead atoms. The second-order valence-electron chi connectivity index (χ2n) is 7.04. The smallest absolute Gasteiger partial charge is 0.264 e. The normalized spacial score (nSPS) is 17.3. The van der Waals surface area contributed by atoms with Crippen molar-refractivity contribution < 1.29 is 9.59 Å². The number of carbonyl (C=O) groups excluding carboxylic acids is 2. The summed E-state index contributed by atoms with van der Waals surface area (Å²) in [4.78, 5) is 29.8. The van der Waals surface area contributed by atoms with Gasteiger partial charge in [0.05, 0.1) is 10.9 Å². The average Bonchev–Trinajstić information content (AvgIpc) is 3.26. The molecule has 2 aromatic rings. The van der Waals surface area contributed by atoms with Gasteiger partial charge in [0.2, 0.25) is 5.91 Å². The monoisotopic (exact) mass is 385 g/mol. The molecule has 1 fully saturated rings. The lowest BCUT2D eigenvalue weighted by molar-refractivity contribution is -0.126. The first-order valence-electron chi connectivity index (χ1n) is 9.45. The van der Waals surface area contributed by atoms with Crippen molar-refractivity contribution in [1.82, 2.24) is 15.1 Å². The maximum absolute atomic E-state index is 12.5.